The van der Waals surface area contributed by atoms with Crippen LogP contribution < -0.4 is 5.46 Å². The Balaban J connectivity index is 1.60. The van der Waals surface area contributed by atoms with Gasteiger partial charge in [0.05, 0.1) is 22.2 Å². The average Bonchev–Trinajstić information content (AvgIpc) is 3.21. The summed E-state index contributed by atoms with van der Waals surface area (Å²) in [5.41, 5.74) is 2.64. The van der Waals surface area contributed by atoms with Crippen LogP contribution in [-0.4, -0.2) is 42.3 Å². The Morgan fingerprint density at radius 2 is 1.60 bits per heavy atom. The number of hydrogen-bond donors (Lipinski definition) is 0. The summed E-state index contributed by atoms with van der Waals surface area (Å²) < 4.78 is 22.0. The summed E-state index contributed by atoms with van der Waals surface area (Å²) in [6, 6.07) is 6.97. The van der Waals surface area contributed by atoms with Crippen LogP contribution in [0.4, 0.5) is 0 Å². The fraction of sp³-hybridized carbons (Fsp3) is 0.750. The number of hydrogen-bond acceptors (Lipinski definition) is 4. The van der Waals surface area contributed by atoms with Gasteiger partial charge >= 0.3 is 7.12 Å². The second kappa shape index (κ2) is 9.00. The fourth-order valence-electron chi connectivity index (χ4n) is 5.06. The van der Waals surface area contributed by atoms with Gasteiger partial charge in [0.2, 0.25) is 0 Å². The maximum Gasteiger partial charge on any atom is 0.494 e. The van der Waals surface area contributed by atoms with Gasteiger partial charge in [0.1, 0.15) is 5.82 Å². The minimum Gasteiger partial charge on any atom is -0.414 e. The van der Waals surface area contributed by atoms with E-state index in [-0.39, 0.29) is 23.4 Å². The summed E-state index contributed by atoms with van der Waals surface area (Å²) in [6.45, 7) is 24.7. The molecule has 1 aliphatic heterocycles. The van der Waals surface area contributed by atoms with Crippen LogP contribution in [0, 0.1) is 0 Å². The van der Waals surface area contributed by atoms with E-state index in [0.29, 0.717) is 18.1 Å². The molecule has 1 aliphatic carbocycles. The Kier molecular flexibility index (Phi) is 6.92. The third-order valence-electron chi connectivity index (χ3n) is 9.06. The SMILES string of the molecule is CC(C)c1nc2ccc(B3OC(C)(C)C(C)(C)O3)cc2n1C1CCC(O[Si](C)(C)C(C)(C)C)CC1. The zero-order chi connectivity index (χ0) is 26.0. The molecule has 0 atom stereocenters. The third-order valence-corrected chi connectivity index (χ3v) is 13.6. The first-order valence-corrected chi connectivity index (χ1v) is 16.5. The van der Waals surface area contributed by atoms with Crippen molar-refractivity contribution in [3.63, 3.8) is 0 Å². The van der Waals surface area contributed by atoms with E-state index in [1.165, 1.54) is 11.3 Å². The van der Waals surface area contributed by atoms with Gasteiger partial charge in [0.15, 0.2) is 8.32 Å². The molecular formula is C28H47BN2O3Si. The molecule has 1 aromatic heterocycles. The van der Waals surface area contributed by atoms with Crippen molar-refractivity contribution < 1.29 is 13.7 Å². The molecular weight excluding hydrogens is 451 g/mol. The van der Waals surface area contributed by atoms with E-state index < -0.39 is 8.32 Å². The van der Waals surface area contributed by atoms with E-state index in [9.17, 15) is 0 Å². The Labute approximate surface area is 214 Å². The number of imidazole rings is 1. The largest absolute Gasteiger partial charge is 0.494 e. The van der Waals surface area contributed by atoms with Crippen molar-refractivity contribution in [1.82, 2.24) is 9.55 Å². The standard InChI is InChI=1S/C28H47BN2O3Si/c1-19(2)25-30-23-17-12-20(29-33-27(6,7)28(8,9)34-29)18-24(23)31(25)21-13-15-22(16-14-21)32-35(10,11)26(3,4)5/h12,17-19,21-22H,13-16H2,1-11H3. The van der Waals surface area contributed by atoms with Gasteiger partial charge in [-0.3, -0.25) is 0 Å². The van der Waals surface area contributed by atoms with Crippen LogP contribution in [0.2, 0.25) is 18.1 Å². The molecule has 1 saturated carbocycles. The molecule has 35 heavy (non-hydrogen) atoms. The molecule has 0 spiro atoms. The second-order valence-corrected chi connectivity index (χ2v) is 18.4. The van der Waals surface area contributed by atoms with Gasteiger partial charge in [-0.15, -0.1) is 0 Å². The van der Waals surface area contributed by atoms with Gasteiger partial charge in [-0.2, -0.15) is 0 Å². The number of nitrogens with zero attached hydrogens (tertiary/aromatic N) is 2. The Bertz CT molecular complexity index is 1050. The maximum atomic E-state index is 6.78. The van der Waals surface area contributed by atoms with Crippen molar-refractivity contribution >= 4 is 31.9 Å². The minimum atomic E-state index is -1.75. The van der Waals surface area contributed by atoms with E-state index >= 15 is 0 Å². The third kappa shape index (κ3) is 5.03. The van der Waals surface area contributed by atoms with E-state index in [1.54, 1.807) is 0 Å². The number of aromatic nitrogens is 2. The lowest BCUT2D eigenvalue weighted by atomic mass is 9.79. The lowest BCUT2D eigenvalue weighted by Gasteiger charge is -2.41. The summed E-state index contributed by atoms with van der Waals surface area (Å²) in [4.78, 5) is 5.08. The predicted molar refractivity (Wildman–Crippen MR) is 149 cm³/mol. The van der Waals surface area contributed by atoms with Crippen molar-refractivity contribution in [1.29, 1.82) is 0 Å². The molecule has 4 rings (SSSR count). The van der Waals surface area contributed by atoms with E-state index in [1.807, 2.05) is 0 Å². The van der Waals surface area contributed by atoms with Gasteiger partial charge in [-0.25, -0.2) is 4.98 Å². The molecule has 1 aromatic carbocycles. The monoisotopic (exact) mass is 498 g/mol. The number of rotatable bonds is 5. The summed E-state index contributed by atoms with van der Waals surface area (Å²) in [5, 5.41) is 0.249. The molecule has 2 fully saturated rings. The lowest BCUT2D eigenvalue weighted by Crippen LogP contribution is -2.44. The highest BCUT2D eigenvalue weighted by atomic mass is 28.4. The van der Waals surface area contributed by atoms with Crippen molar-refractivity contribution in [2.75, 3.05) is 0 Å². The van der Waals surface area contributed by atoms with Crippen LogP contribution >= 0.6 is 0 Å². The highest BCUT2D eigenvalue weighted by Gasteiger charge is 2.51. The van der Waals surface area contributed by atoms with Gasteiger partial charge in [0.25, 0.3) is 0 Å². The molecule has 0 unspecified atom stereocenters. The quantitative estimate of drug-likeness (QED) is 0.418. The maximum absolute atomic E-state index is 6.78. The summed E-state index contributed by atoms with van der Waals surface area (Å²) in [6.07, 6.45) is 4.87. The van der Waals surface area contributed by atoms with Crippen LogP contribution in [0.1, 0.15) is 106 Å². The van der Waals surface area contributed by atoms with Gasteiger partial charge in [-0.1, -0.05) is 40.7 Å². The molecule has 7 heteroatoms. The van der Waals surface area contributed by atoms with Crippen LogP contribution in [0.25, 0.3) is 11.0 Å². The molecule has 0 N–H and O–H groups in total. The average molecular weight is 499 g/mol. The van der Waals surface area contributed by atoms with Crippen molar-refractivity contribution in [3.8, 4) is 0 Å². The van der Waals surface area contributed by atoms with E-state index in [0.717, 1.165) is 36.7 Å². The van der Waals surface area contributed by atoms with Gasteiger partial charge in [-0.05, 0) is 89.1 Å². The Morgan fingerprint density at radius 3 is 2.11 bits per heavy atom. The van der Waals surface area contributed by atoms with Gasteiger partial charge < -0.3 is 18.3 Å². The molecule has 5 nitrogen and oxygen atoms in total. The van der Waals surface area contributed by atoms with Crippen LogP contribution in [-0.2, 0) is 13.7 Å². The summed E-state index contributed by atoms with van der Waals surface area (Å²) in [7, 11) is -2.10. The van der Waals surface area contributed by atoms with Crippen LogP contribution in [0.5, 0.6) is 0 Å². The van der Waals surface area contributed by atoms with Crippen molar-refractivity contribution in [2.24, 2.45) is 0 Å². The molecule has 0 bridgehead atoms. The zero-order valence-corrected chi connectivity index (χ0v) is 25.0. The topological polar surface area (TPSA) is 45.5 Å². The van der Waals surface area contributed by atoms with Crippen LogP contribution in [0.15, 0.2) is 18.2 Å². The lowest BCUT2D eigenvalue weighted by molar-refractivity contribution is 0.00578. The molecule has 2 aliphatic rings. The van der Waals surface area contributed by atoms with Crippen molar-refractivity contribution in [2.45, 2.75) is 135 Å². The Morgan fingerprint density at radius 1 is 1.03 bits per heavy atom. The summed E-state index contributed by atoms with van der Waals surface area (Å²) in [5.74, 6) is 1.55. The Hall–Kier alpha value is -1.15. The van der Waals surface area contributed by atoms with Crippen LogP contribution in [0.3, 0.4) is 0 Å². The molecule has 194 valence electrons. The van der Waals surface area contributed by atoms with E-state index in [4.69, 9.17) is 18.7 Å². The normalized spacial score (nSPS) is 25.1. The second-order valence-electron chi connectivity index (χ2n) is 13.6. The molecule has 0 radical (unpaired) electrons. The predicted octanol–water partition coefficient (Wildman–Crippen LogP) is 6.96. The molecule has 2 heterocycles. The highest BCUT2D eigenvalue weighted by molar-refractivity contribution is 6.74. The fourth-order valence-corrected chi connectivity index (χ4v) is 6.48. The first-order valence-electron chi connectivity index (χ1n) is 13.6. The first-order chi connectivity index (χ1) is 16.0. The summed E-state index contributed by atoms with van der Waals surface area (Å²) >= 11 is 0. The molecule has 0 amide bonds. The smallest absolute Gasteiger partial charge is 0.414 e. The zero-order valence-electron chi connectivity index (χ0n) is 24.0. The first kappa shape index (κ1) is 26.9. The highest BCUT2D eigenvalue weighted by Crippen LogP contribution is 2.42. The van der Waals surface area contributed by atoms with Crippen molar-refractivity contribution in [3.05, 3.63) is 24.0 Å². The minimum absolute atomic E-state index is 0.249. The molecule has 2 aromatic rings. The van der Waals surface area contributed by atoms with E-state index in [2.05, 4.69) is 98.2 Å². The number of benzene rings is 1. The number of fused-ring (bicyclic) bond motifs is 1. The van der Waals surface area contributed by atoms with Gasteiger partial charge in [0, 0.05) is 18.1 Å². The molecule has 1 saturated heterocycles.